The van der Waals surface area contributed by atoms with Crippen molar-refractivity contribution in [2.24, 2.45) is 10.9 Å². The minimum absolute atomic E-state index is 0.251. The minimum Gasteiger partial charge on any atom is -0.493 e. The molecule has 0 unspecified atom stereocenters. The number of nitrogens with two attached hydrogens (primary N) is 1. The summed E-state index contributed by atoms with van der Waals surface area (Å²) in [6.45, 7) is 0. The Morgan fingerprint density at radius 2 is 2.03 bits per heavy atom. The highest BCUT2D eigenvalue weighted by atomic mass is 35.5. The largest absolute Gasteiger partial charge is 0.493 e. The molecule has 1 aliphatic carbocycles. The molecule has 2 aromatic carbocycles. The van der Waals surface area contributed by atoms with Crippen molar-refractivity contribution in [1.82, 2.24) is 4.98 Å². The van der Waals surface area contributed by atoms with Gasteiger partial charge in [-0.15, -0.1) is 5.16 Å². The Balaban J connectivity index is 0.000000709. The maximum absolute atomic E-state index is 8.78. The van der Waals surface area contributed by atoms with Crippen LogP contribution in [0.1, 0.15) is 42.7 Å². The number of carboxylic acid groups (broad SMARTS) is 1. The maximum Gasteiger partial charge on any atom is 0.402 e. The van der Waals surface area contributed by atoms with Crippen LogP contribution in [0, 0.1) is 0 Å². The third-order valence-electron chi connectivity index (χ3n) is 5.15. The average molecular weight is 476 g/mol. The number of oxazole rings is 1. The molecule has 176 valence electrons. The van der Waals surface area contributed by atoms with Crippen molar-refractivity contribution in [1.29, 1.82) is 0 Å². The van der Waals surface area contributed by atoms with Gasteiger partial charge in [-0.3, -0.25) is 0 Å². The van der Waals surface area contributed by atoms with E-state index in [0.29, 0.717) is 34.9 Å². The first-order valence-electron chi connectivity index (χ1n) is 10.4. The molecule has 0 spiro atoms. The summed E-state index contributed by atoms with van der Waals surface area (Å²) in [5, 5.41) is 19.5. The fourth-order valence-corrected chi connectivity index (χ4v) is 4.00. The SMILES string of the molecule is COc1ccc(Cc2nc3cc(Cl)cc(CC=NO)c3o2)cc1OC1CCCC1.NC(=O)O. The molecule has 4 N–H and O–H groups in total. The second-order valence-corrected chi connectivity index (χ2v) is 7.98. The summed E-state index contributed by atoms with van der Waals surface area (Å²) in [5.74, 6) is 2.08. The first-order valence-corrected chi connectivity index (χ1v) is 10.8. The van der Waals surface area contributed by atoms with Gasteiger partial charge in [0.1, 0.15) is 5.52 Å². The van der Waals surface area contributed by atoms with Crippen LogP contribution in [0.25, 0.3) is 11.1 Å². The van der Waals surface area contributed by atoms with Crippen molar-refractivity contribution in [2.45, 2.75) is 44.6 Å². The van der Waals surface area contributed by atoms with E-state index in [4.69, 9.17) is 40.6 Å². The molecular formula is C23H26ClN3O6. The predicted octanol–water partition coefficient (Wildman–Crippen LogP) is 5.03. The van der Waals surface area contributed by atoms with Gasteiger partial charge in [0.2, 0.25) is 0 Å². The molecule has 0 aliphatic heterocycles. The van der Waals surface area contributed by atoms with Crippen LogP contribution in [0.15, 0.2) is 39.9 Å². The van der Waals surface area contributed by atoms with Crippen molar-refractivity contribution in [3.05, 3.63) is 52.4 Å². The molecule has 4 rings (SSSR count). The average Bonchev–Trinajstić information content (AvgIpc) is 3.41. The number of ether oxygens (including phenoxy) is 2. The molecule has 33 heavy (non-hydrogen) atoms. The summed E-state index contributed by atoms with van der Waals surface area (Å²) in [6.07, 6.45) is 5.82. The summed E-state index contributed by atoms with van der Waals surface area (Å²) in [5.41, 5.74) is 7.21. The summed E-state index contributed by atoms with van der Waals surface area (Å²) < 4.78 is 17.6. The van der Waals surface area contributed by atoms with E-state index in [2.05, 4.69) is 15.9 Å². The van der Waals surface area contributed by atoms with E-state index in [0.717, 1.165) is 35.5 Å². The smallest absolute Gasteiger partial charge is 0.402 e. The van der Waals surface area contributed by atoms with E-state index >= 15 is 0 Å². The summed E-state index contributed by atoms with van der Waals surface area (Å²) in [6, 6.07) is 9.47. The number of carbonyl (C=O) groups is 1. The lowest BCUT2D eigenvalue weighted by atomic mass is 10.1. The Labute approximate surface area is 195 Å². The molecule has 0 atom stereocenters. The van der Waals surface area contributed by atoms with Gasteiger partial charge in [-0.25, -0.2) is 9.78 Å². The van der Waals surface area contributed by atoms with Gasteiger partial charge >= 0.3 is 6.09 Å². The fraction of sp³-hybridized carbons (Fsp3) is 0.348. The van der Waals surface area contributed by atoms with Crippen LogP contribution < -0.4 is 15.2 Å². The number of methoxy groups -OCH3 is 1. The zero-order valence-corrected chi connectivity index (χ0v) is 18.9. The van der Waals surface area contributed by atoms with E-state index in [1.807, 2.05) is 18.2 Å². The number of fused-ring (bicyclic) bond motifs is 1. The Bertz CT molecular complexity index is 1120. The van der Waals surface area contributed by atoms with E-state index in [9.17, 15) is 0 Å². The second-order valence-electron chi connectivity index (χ2n) is 7.55. The lowest BCUT2D eigenvalue weighted by molar-refractivity contribution is 0.200. The number of aromatic nitrogens is 1. The maximum atomic E-state index is 8.78. The van der Waals surface area contributed by atoms with Gasteiger partial charge in [0.25, 0.3) is 0 Å². The van der Waals surface area contributed by atoms with Gasteiger partial charge in [0, 0.05) is 29.6 Å². The summed E-state index contributed by atoms with van der Waals surface area (Å²) in [7, 11) is 1.65. The molecule has 1 fully saturated rings. The molecule has 1 amide bonds. The number of halogens is 1. The summed E-state index contributed by atoms with van der Waals surface area (Å²) >= 11 is 6.19. The van der Waals surface area contributed by atoms with Crippen molar-refractivity contribution >= 4 is 35.0 Å². The number of hydrogen-bond donors (Lipinski definition) is 3. The minimum atomic E-state index is -1.33. The van der Waals surface area contributed by atoms with Crippen LogP contribution >= 0.6 is 11.6 Å². The fourth-order valence-electron chi connectivity index (χ4n) is 3.76. The van der Waals surface area contributed by atoms with Gasteiger partial charge in [-0.2, -0.15) is 0 Å². The Morgan fingerprint density at radius 3 is 2.70 bits per heavy atom. The Morgan fingerprint density at radius 1 is 1.30 bits per heavy atom. The van der Waals surface area contributed by atoms with Crippen molar-refractivity contribution in [3.8, 4) is 11.5 Å². The van der Waals surface area contributed by atoms with Crippen LogP contribution in [-0.4, -0.2) is 40.8 Å². The highest BCUT2D eigenvalue weighted by Crippen LogP contribution is 2.33. The Hall–Kier alpha value is -3.46. The molecule has 1 aromatic heterocycles. The van der Waals surface area contributed by atoms with Crippen LogP contribution in [0.5, 0.6) is 11.5 Å². The number of rotatable bonds is 7. The van der Waals surface area contributed by atoms with E-state index in [1.165, 1.54) is 19.1 Å². The highest BCUT2D eigenvalue weighted by molar-refractivity contribution is 6.31. The topological polar surface area (TPSA) is 140 Å². The summed E-state index contributed by atoms with van der Waals surface area (Å²) in [4.78, 5) is 13.4. The molecule has 1 aliphatic rings. The number of benzene rings is 2. The Kier molecular flexibility index (Phi) is 8.37. The molecule has 0 saturated heterocycles. The quantitative estimate of drug-likeness (QED) is 0.247. The van der Waals surface area contributed by atoms with Crippen LogP contribution in [0.4, 0.5) is 4.79 Å². The van der Waals surface area contributed by atoms with E-state index in [1.54, 1.807) is 19.2 Å². The molecule has 3 aromatic rings. The van der Waals surface area contributed by atoms with Crippen LogP contribution in [0.3, 0.4) is 0 Å². The zero-order chi connectivity index (χ0) is 23.8. The normalized spacial score (nSPS) is 13.8. The second kappa shape index (κ2) is 11.4. The molecular weight excluding hydrogens is 450 g/mol. The van der Waals surface area contributed by atoms with Gasteiger partial charge in [-0.05, 0) is 55.5 Å². The van der Waals surface area contributed by atoms with E-state index < -0.39 is 6.09 Å². The number of amides is 1. The van der Waals surface area contributed by atoms with Crippen LogP contribution in [0.2, 0.25) is 5.02 Å². The van der Waals surface area contributed by atoms with Gasteiger partial charge in [0.15, 0.2) is 23.0 Å². The monoisotopic (exact) mass is 475 g/mol. The van der Waals surface area contributed by atoms with Crippen molar-refractivity contribution < 1.29 is 29.0 Å². The first kappa shape index (κ1) is 24.2. The standard InChI is InChI=1S/C22H23ClN2O4.CH3NO2/c1-27-19-7-6-14(10-20(19)28-17-4-2-3-5-17)11-21-25-18-13-16(23)12-15(8-9-24-26)22(18)29-21;2-1(3)4/h6-7,9-10,12-13,17,26H,2-5,8,11H2,1H3;2H2,(H,3,4). The third-order valence-corrected chi connectivity index (χ3v) is 5.37. The number of oxime groups is 1. The lowest BCUT2D eigenvalue weighted by Crippen LogP contribution is -2.11. The molecule has 10 heteroatoms. The van der Waals surface area contributed by atoms with Gasteiger partial charge in [0.05, 0.1) is 13.2 Å². The zero-order valence-electron chi connectivity index (χ0n) is 18.2. The number of hydrogen-bond acceptors (Lipinski definition) is 7. The third kappa shape index (κ3) is 6.76. The highest BCUT2D eigenvalue weighted by Gasteiger charge is 2.19. The first-order chi connectivity index (χ1) is 15.9. The van der Waals surface area contributed by atoms with Gasteiger partial charge in [-0.1, -0.05) is 17.7 Å². The molecule has 0 radical (unpaired) electrons. The number of nitrogens with zero attached hydrogens (tertiary/aromatic N) is 2. The lowest BCUT2D eigenvalue weighted by Gasteiger charge is -2.16. The molecule has 1 heterocycles. The van der Waals surface area contributed by atoms with E-state index in [-0.39, 0.29) is 6.10 Å². The molecule has 0 bridgehead atoms. The number of primary amides is 1. The van der Waals surface area contributed by atoms with Crippen molar-refractivity contribution in [3.63, 3.8) is 0 Å². The molecule has 1 saturated carbocycles. The molecule has 9 nitrogen and oxygen atoms in total. The van der Waals surface area contributed by atoms with Crippen molar-refractivity contribution in [2.75, 3.05) is 7.11 Å². The van der Waals surface area contributed by atoms with Gasteiger partial charge < -0.3 is 29.9 Å². The predicted molar refractivity (Wildman–Crippen MR) is 124 cm³/mol. The van der Waals surface area contributed by atoms with Crippen LogP contribution in [-0.2, 0) is 12.8 Å².